The molecule has 0 spiro atoms. The molecule has 1 heterocycles. The van der Waals surface area contributed by atoms with Crippen molar-refractivity contribution in [3.05, 3.63) is 52.3 Å². The zero-order valence-corrected chi connectivity index (χ0v) is 13.8. The van der Waals surface area contributed by atoms with Crippen LogP contribution in [-0.4, -0.2) is 27.3 Å². The Kier molecular flexibility index (Phi) is 4.37. The molecule has 0 saturated carbocycles. The van der Waals surface area contributed by atoms with E-state index in [0.29, 0.717) is 11.1 Å². The number of hydrogen-bond acceptors (Lipinski definition) is 3. The van der Waals surface area contributed by atoms with E-state index < -0.39 is 5.60 Å². The topological polar surface area (TPSA) is 67.2 Å². The summed E-state index contributed by atoms with van der Waals surface area (Å²) in [6.45, 7) is 7.65. The van der Waals surface area contributed by atoms with E-state index in [1.54, 1.807) is 31.0 Å². The van der Waals surface area contributed by atoms with Gasteiger partial charge in [0.2, 0.25) is 0 Å². The molecule has 0 radical (unpaired) electrons. The van der Waals surface area contributed by atoms with Crippen LogP contribution in [0.4, 0.5) is 0 Å². The molecule has 0 aliphatic carbocycles. The van der Waals surface area contributed by atoms with E-state index in [1.165, 1.54) is 0 Å². The Balaban J connectivity index is 2.13. The van der Waals surface area contributed by atoms with Crippen molar-refractivity contribution < 1.29 is 9.90 Å². The van der Waals surface area contributed by atoms with E-state index in [0.717, 1.165) is 16.7 Å². The van der Waals surface area contributed by atoms with Crippen molar-refractivity contribution in [2.45, 2.75) is 33.3 Å². The van der Waals surface area contributed by atoms with Crippen LogP contribution in [0.15, 0.2) is 24.5 Å². The summed E-state index contributed by atoms with van der Waals surface area (Å²) in [5, 5.41) is 17.4. The highest BCUT2D eigenvalue weighted by Gasteiger charge is 2.26. The van der Waals surface area contributed by atoms with Crippen molar-refractivity contribution >= 4 is 5.91 Å². The van der Waals surface area contributed by atoms with Crippen molar-refractivity contribution in [1.82, 2.24) is 15.1 Å². The first-order chi connectivity index (χ1) is 10.2. The lowest BCUT2D eigenvalue weighted by atomic mass is 9.97. The molecule has 1 unspecified atom stereocenters. The molecular weight excluding hydrogens is 278 g/mol. The molecule has 5 heteroatoms. The molecule has 118 valence electrons. The summed E-state index contributed by atoms with van der Waals surface area (Å²) < 4.78 is 1.62. The molecule has 5 nitrogen and oxygen atoms in total. The summed E-state index contributed by atoms with van der Waals surface area (Å²) >= 11 is 0. The van der Waals surface area contributed by atoms with Crippen LogP contribution < -0.4 is 5.32 Å². The molecule has 0 aliphatic rings. The molecule has 2 N–H and O–H groups in total. The van der Waals surface area contributed by atoms with Gasteiger partial charge in [-0.3, -0.25) is 9.48 Å². The Morgan fingerprint density at radius 3 is 2.41 bits per heavy atom. The number of aliphatic hydroxyl groups is 1. The summed E-state index contributed by atoms with van der Waals surface area (Å²) in [6.07, 6.45) is 3.35. The van der Waals surface area contributed by atoms with Gasteiger partial charge in [-0.15, -0.1) is 0 Å². The van der Waals surface area contributed by atoms with E-state index in [2.05, 4.69) is 10.4 Å². The summed E-state index contributed by atoms with van der Waals surface area (Å²) in [4.78, 5) is 12.4. The van der Waals surface area contributed by atoms with E-state index in [1.807, 2.05) is 32.9 Å². The maximum Gasteiger partial charge on any atom is 0.251 e. The normalized spacial score (nSPS) is 13.7. The van der Waals surface area contributed by atoms with Gasteiger partial charge >= 0.3 is 0 Å². The lowest BCUT2D eigenvalue weighted by molar-refractivity contribution is 0.0525. The fourth-order valence-electron chi connectivity index (χ4n) is 2.68. The molecule has 0 bridgehead atoms. The number of aromatic nitrogens is 2. The number of carbonyl (C=O) groups is 1. The van der Waals surface area contributed by atoms with E-state index in [4.69, 9.17) is 0 Å². The second-order valence-corrected chi connectivity index (χ2v) is 6.13. The highest BCUT2D eigenvalue weighted by Crippen LogP contribution is 2.20. The average Bonchev–Trinajstić information content (AvgIpc) is 2.83. The predicted octanol–water partition coefficient (Wildman–Crippen LogP) is 1.98. The molecule has 2 rings (SSSR count). The Hall–Kier alpha value is -2.14. The first-order valence-electron chi connectivity index (χ1n) is 7.28. The van der Waals surface area contributed by atoms with Gasteiger partial charge in [0.05, 0.1) is 12.7 Å². The van der Waals surface area contributed by atoms with E-state index >= 15 is 0 Å². The van der Waals surface area contributed by atoms with Gasteiger partial charge in [-0.05, 0) is 38.8 Å². The number of carbonyl (C=O) groups excluding carboxylic acids is 1. The number of nitrogens with zero attached hydrogens (tertiary/aromatic N) is 2. The van der Waals surface area contributed by atoms with Gasteiger partial charge in [0.15, 0.2) is 0 Å². The number of nitrogens with one attached hydrogen (secondary N) is 1. The first-order valence-corrected chi connectivity index (χ1v) is 7.28. The second-order valence-electron chi connectivity index (χ2n) is 6.13. The quantitative estimate of drug-likeness (QED) is 0.907. The van der Waals surface area contributed by atoms with E-state index in [9.17, 15) is 9.90 Å². The van der Waals surface area contributed by atoms with Gasteiger partial charge in [-0.1, -0.05) is 17.7 Å². The van der Waals surface area contributed by atoms with Crippen LogP contribution in [0, 0.1) is 20.8 Å². The molecule has 0 saturated heterocycles. The lowest BCUT2D eigenvalue weighted by Crippen LogP contribution is -2.38. The number of amides is 1. The number of rotatable bonds is 4. The number of benzene rings is 1. The highest BCUT2D eigenvalue weighted by atomic mass is 16.3. The Morgan fingerprint density at radius 1 is 1.32 bits per heavy atom. The minimum atomic E-state index is -1.16. The molecule has 2 aromatic rings. The van der Waals surface area contributed by atoms with E-state index in [-0.39, 0.29) is 12.5 Å². The first kappa shape index (κ1) is 16.2. The fraction of sp³-hybridized carbons (Fsp3) is 0.412. The molecule has 0 fully saturated rings. The van der Waals surface area contributed by atoms with Crippen molar-refractivity contribution in [2.24, 2.45) is 7.05 Å². The van der Waals surface area contributed by atoms with Gasteiger partial charge in [0, 0.05) is 24.4 Å². The molecule has 0 aliphatic heterocycles. The molecule has 1 amide bonds. The molecule has 22 heavy (non-hydrogen) atoms. The smallest absolute Gasteiger partial charge is 0.251 e. The minimum absolute atomic E-state index is 0.129. The zero-order valence-electron chi connectivity index (χ0n) is 13.8. The third-order valence-corrected chi connectivity index (χ3v) is 3.82. The van der Waals surface area contributed by atoms with Crippen molar-refractivity contribution in [3.63, 3.8) is 0 Å². The van der Waals surface area contributed by atoms with Gasteiger partial charge in [-0.2, -0.15) is 5.10 Å². The second kappa shape index (κ2) is 5.93. The van der Waals surface area contributed by atoms with Crippen LogP contribution in [0.1, 0.15) is 39.5 Å². The molecule has 1 aromatic heterocycles. The summed E-state index contributed by atoms with van der Waals surface area (Å²) in [5.74, 6) is -0.167. The van der Waals surface area contributed by atoms with Gasteiger partial charge in [0.1, 0.15) is 5.60 Å². The summed E-state index contributed by atoms with van der Waals surface area (Å²) in [7, 11) is 1.79. The van der Waals surface area contributed by atoms with Crippen LogP contribution in [0.2, 0.25) is 0 Å². The zero-order chi connectivity index (χ0) is 16.5. The third kappa shape index (κ3) is 3.36. The van der Waals surface area contributed by atoms with Crippen LogP contribution in [-0.2, 0) is 12.6 Å². The van der Waals surface area contributed by atoms with Gasteiger partial charge in [0.25, 0.3) is 5.91 Å². The van der Waals surface area contributed by atoms with Gasteiger partial charge < -0.3 is 10.4 Å². The van der Waals surface area contributed by atoms with Crippen LogP contribution in [0.3, 0.4) is 0 Å². The van der Waals surface area contributed by atoms with Crippen LogP contribution >= 0.6 is 0 Å². The Morgan fingerprint density at radius 2 is 1.91 bits per heavy atom. The minimum Gasteiger partial charge on any atom is -0.383 e. The van der Waals surface area contributed by atoms with Crippen molar-refractivity contribution in [3.8, 4) is 0 Å². The summed E-state index contributed by atoms with van der Waals surface area (Å²) in [6, 6.07) is 3.97. The van der Waals surface area contributed by atoms with Gasteiger partial charge in [-0.25, -0.2) is 0 Å². The van der Waals surface area contributed by atoms with Crippen molar-refractivity contribution in [1.29, 1.82) is 0 Å². The molecule has 1 atom stereocenters. The maximum atomic E-state index is 12.4. The molecular formula is C17H23N3O2. The monoisotopic (exact) mass is 301 g/mol. The average molecular weight is 301 g/mol. The van der Waals surface area contributed by atoms with Crippen LogP contribution in [0.5, 0.6) is 0 Å². The maximum absolute atomic E-state index is 12.4. The fourth-order valence-corrected chi connectivity index (χ4v) is 2.68. The number of aryl methyl sites for hydroxylation is 4. The predicted molar refractivity (Wildman–Crippen MR) is 85.8 cm³/mol. The van der Waals surface area contributed by atoms with Crippen molar-refractivity contribution in [2.75, 3.05) is 6.54 Å². The highest BCUT2D eigenvalue weighted by molar-refractivity contribution is 5.97. The third-order valence-electron chi connectivity index (χ3n) is 3.82. The standard InChI is InChI=1S/C17H23N3O2/c1-11-6-12(2)15(13(3)7-11)16(21)18-10-17(4,22)14-8-19-20(5)9-14/h6-9,22H,10H2,1-5H3,(H,18,21). The SMILES string of the molecule is Cc1cc(C)c(C(=O)NCC(C)(O)c2cnn(C)c2)c(C)c1. The lowest BCUT2D eigenvalue weighted by Gasteiger charge is -2.23. The number of hydrogen-bond donors (Lipinski definition) is 2. The Labute approximate surface area is 131 Å². The Bertz CT molecular complexity index is 679. The molecule has 1 aromatic carbocycles. The summed E-state index contributed by atoms with van der Waals surface area (Å²) in [5.41, 5.74) is 3.21. The largest absolute Gasteiger partial charge is 0.383 e. The van der Waals surface area contributed by atoms with Crippen LogP contribution in [0.25, 0.3) is 0 Å².